The fourth-order valence-corrected chi connectivity index (χ4v) is 7.79. The molecule has 8 rings (SSSR count). The summed E-state index contributed by atoms with van der Waals surface area (Å²) in [7, 11) is 0. The molecule has 3 aliphatic carbocycles. The lowest BCUT2D eigenvalue weighted by Gasteiger charge is -2.63. The summed E-state index contributed by atoms with van der Waals surface area (Å²) in [6, 6.07) is 9.94. The number of aryl methyl sites for hydroxylation is 1. The summed E-state index contributed by atoms with van der Waals surface area (Å²) >= 11 is 0. The number of likely N-dealkylation sites (tertiary alicyclic amines) is 1. The van der Waals surface area contributed by atoms with Gasteiger partial charge in [-0.2, -0.15) is 0 Å². The third kappa shape index (κ3) is 2.13. The first-order valence-electron chi connectivity index (χ1n) is 12.6. The molecule has 3 heterocycles. The molecular weight excluding hydrogens is 426 g/mol. The molecule has 2 aromatic carbocycles. The highest BCUT2D eigenvalue weighted by atomic mass is 16.5. The summed E-state index contributed by atoms with van der Waals surface area (Å²) < 4.78 is 6.61. The summed E-state index contributed by atoms with van der Waals surface area (Å²) in [6.07, 6.45) is 4.14. The van der Waals surface area contributed by atoms with Crippen molar-refractivity contribution in [3.05, 3.63) is 58.3 Å². The first kappa shape index (κ1) is 19.5. The van der Waals surface area contributed by atoms with Crippen molar-refractivity contribution in [2.45, 2.75) is 62.2 Å². The van der Waals surface area contributed by atoms with E-state index in [0.717, 1.165) is 65.1 Å². The monoisotopic (exact) mass is 455 g/mol. The van der Waals surface area contributed by atoms with Crippen LogP contribution in [-0.2, 0) is 18.3 Å². The van der Waals surface area contributed by atoms with Crippen LogP contribution < -0.4 is 10.5 Å². The first-order valence-corrected chi connectivity index (χ1v) is 12.6. The number of hydrogen-bond donors (Lipinski definition) is 3. The number of hydrogen-bond acceptors (Lipinski definition) is 6. The predicted molar refractivity (Wildman–Crippen MR) is 129 cm³/mol. The number of aromatic hydroxyl groups is 1. The predicted octanol–water partition coefficient (Wildman–Crippen LogP) is 3.53. The van der Waals surface area contributed by atoms with Crippen molar-refractivity contribution in [3.8, 4) is 11.5 Å². The van der Waals surface area contributed by atoms with Gasteiger partial charge >= 0.3 is 0 Å². The normalized spacial score (nSPS) is 32.9. The number of piperidine rings is 1. The highest BCUT2D eigenvalue weighted by molar-refractivity contribution is 5.93. The summed E-state index contributed by atoms with van der Waals surface area (Å²) in [6.45, 7) is 4.03. The average molecular weight is 456 g/mol. The highest BCUT2D eigenvalue weighted by Gasteiger charge is 2.73. The van der Waals surface area contributed by atoms with Crippen molar-refractivity contribution < 1.29 is 14.9 Å². The van der Waals surface area contributed by atoms with E-state index in [1.54, 1.807) is 6.07 Å². The van der Waals surface area contributed by atoms with E-state index in [4.69, 9.17) is 15.5 Å². The van der Waals surface area contributed by atoms with Crippen LogP contribution in [0.3, 0.4) is 0 Å². The number of fused-ring (bicyclic) bond motifs is 3. The number of nitrogen functional groups attached to an aromatic ring is 1. The number of phenolic OH excluding ortho intramolecular Hbond substituents is 1. The lowest BCUT2D eigenvalue weighted by Crippen LogP contribution is -2.74. The Bertz CT molecular complexity index is 1420. The van der Waals surface area contributed by atoms with Gasteiger partial charge in [0.1, 0.15) is 0 Å². The Hall–Kier alpha value is -2.83. The molecule has 4 atom stereocenters. The maximum absolute atomic E-state index is 12.8. The van der Waals surface area contributed by atoms with Gasteiger partial charge in [-0.15, -0.1) is 0 Å². The standard InChI is InChI=1S/C28H29N3O3/c1-14-2-6-19-17(10-14)23(29)18-12-28(33)21-11-16-5-7-20(32)25-22(16)27(28,26(34-25)24(18)30-19)8-9-31(21)13-15-3-4-15/h2,5-7,10,15,21,26,32-33H,3-4,8-9,11-13H2,1H3,(H2,29,30)/t21-,26-,27-,28+/m0/s1. The van der Waals surface area contributed by atoms with E-state index >= 15 is 0 Å². The maximum Gasteiger partial charge on any atom is 0.166 e. The quantitative estimate of drug-likeness (QED) is 0.548. The van der Waals surface area contributed by atoms with E-state index in [1.807, 2.05) is 12.1 Å². The van der Waals surface area contributed by atoms with Gasteiger partial charge in [-0.1, -0.05) is 17.7 Å². The Labute approximate surface area is 198 Å². The van der Waals surface area contributed by atoms with Gasteiger partial charge in [-0.25, -0.2) is 4.98 Å². The Morgan fingerprint density at radius 2 is 2.09 bits per heavy atom. The zero-order valence-corrected chi connectivity index (χ0v) is 19.3. The molecule has 6 nitrogen and oxygen atoms in total. The number of benzene rings is 2. The fraction of sp³-hybridized carbons (Fsp3) is 0.464. The number of aliphatic hydroxyl groups is 1. The van der Waals surface area contributed by atoms with Gasteiger partial charge in [0.2, 0.25) is 0 Å². The number of nitrogens with zero attached hydrogens (tertiary/aromatic N) is 2. The minimum Gasteiger partial charge on any atom is -0.504 e. The first-order chi connectivity index (χ1) is 16.4. The number of aromatic nitrogens is 1. The topological polar surface area (TPSA) is 91.8 Å². The number of nitrogens with two attached hydrogens (primary N) is 1. The second-order valence-corrected chi connectivity index (χ2v) is 11.3. The molecule has 1 aromatic heterocycles. The van der Waals surface area contributed by atoms with Gasteiger partial charge in [0.15, 0.2) is 17.6 Å². The molecule has 0 radical (unpaired) electrons. The Balaban J connectivity index is 1.42. The largest absolute Gasteiger partial charge is 0.504 e. The Morgan fingerprint density at radius 1 is 1.24 bits per heavy atom. The third-order valence-electron chi connectivity index (χ3n) is 9.53. The van der Waals surface area contributed by atoms with Gasteiger partial charge in [0.05, 0.1) is 22.2 Å². The van der Waals surface area contributed by atoms with Crippen LogP contribution in [0.15, 0.2) is 30.3 Å². The van der Waals surface area contributed by atoms with Crippen LogP contribution in [0, 0.1) is 12.8 Å². The van der Waals surface area contributed by atoms with Gasteiger partial charge < -0.3 is 20.7 Å². The van der Waals surface area contributed by atoms with Gasteiger partial charge in [-0.05, 0) is 68.8 Å². The number of anilines is 1. The van der Waals surface area contributed by atoms with Crippen LogP contribution in [0.5, 0.6) is 11.5 Å². The molecule has 6 heteroatoms. The van der Waals surface area contributed by atoms with E-state index in [9.17, 15) is 10.2 Å². The van der Waals surface area contributed by atoms with E-state index in [-0.39, 0.29) is 11.8 Å². The molecule has 2 aliphatic heterocycles. The van der Waals surface area contributed by atoms with Crippen LogP contribution in [0.2, 0.25) is 0 Å². The Kier molecular flexibility index (Phi) is 3.46. The van der Waals surface area contributed by atoms with Crippen LogP contribution in [0.4, 0.5) is 5.69 Å². The van der Waals surface area contributed by atoms with Crippen molar-refractivity contribution in [3.63, 3.8) is 0 Å². The molecule has 1 spiro atoms. The van der Waals surface area contributed by atoms with Crippen molar-refractivity contribution >= 4 is 16.6 Å². The number of phenols is 1. The average Bonchev–Trinajstić information content (AvgIpc) is 3.55. The minimum absolute atomic E-state index is 0.00306. The molecular formula is C28H29N3O3. The van der Waals surface area contributed by atoms with E-state index < -0.39 is 17.1 Å². The van der Waals surface area contributed by atoms with Crippen LogP contribution in [0.1, 0.15) is 53.3 Å². The number of rotatable bonds is 2. The third-order valence-corrected chi connectivity index (χ3v) is 9.53. The maximum atomic E-state index is 12.8. The van der Waals surface area contributed by atoms with E-state index in [0.29, 0.717) is 17.9 Å². The Morgan fingerprint density at radius 3 is 2.91 bits per heavy atom. The molecule has 0 amide bonds. The highest BCUT2D eigenvalue weighted by Crippen LogP contribution is 2.69. The molecule has 3 aromatic rings. The van der Waals surface area contributed by atoms with Crippen molar-refractivity contribution in [1.29, 1.82) is 0 Å². The van der Waals surface area contributed by atoms with E-state index in [1.165, 1.54) is 18.4 Å². The lowest BCUT2D eigenvalue weighted by molar-refractivity contribution is -0.173. The van der Waals surface area contributed by atoms with E-state index in [2.05, 4.69) is 24.0 Å². The summed E-state index contributed by atoms with van der Waals surface area (Å²) in [5, 5.41) is 24.6. The molecule has 0 unspecified atom stereocenters. The molecule has 4 N–H and O–H groups in total. The molecule has 2 bridgehead atoms. The second kappa shape index (κ2) is 6.04. The molecule has 1 saturated carbocycles. The molecule has 5 aliphatic rings. The second-order valence-electron chi connectivity index (χ2n) is 11.3. The fourth-order valence-electron chi connectivity index (χ4n) is 7.79. The van der Waals surface area contributed by atoms with Gasteiger partial charge in [-0.3, -0.25) is 4.90 Å². The molecule has 1 saturated heterocycles. The van der Waals surface area contributed by atoms with Gasteiger partial charge in [0.25, 0.3) is 0 Å². The number of pyridine rings is 1. The zero-order chi connectivity index (χ0) is 23.0. The molecule has 174 valence electrons. The SMILES string of the molecule is Cc1ccc2nc3c(c(N)c2c1)C[C@@]1(O)[C@@H]2Cc4ccc(O)c5c4[C@@]1(CCN2CC1CC1)[C@H]3O5. The van der Waals surface area contributed by atoms with Crippen molar-refractivity contribution in [1.82, 2.24) is 9.88 Å². The van der Waals surface area contributed by atoms with Crippen LogP contribution >= 0.6 is 0 Å². The summed E-state index contributed by atoms with van der Waals surface area (Å²) in [5.74, 6) is 1.43. The van der Waals surface area contributed by atoms with Gasteiger partial charge in [0, 0.05) is 41.2 Å². The smallest absolute Gasteiger partial charge is 0.166 e. The summed E-state index contributed by atoms with van der Waals surface area (Å²) in [5.41, 5.74) is 11.8. The zero-order valence-electron chi connectivity index (χ0n) is 19.3. The minimum atomic E-state index is -1.03. The number of ether oxygens (including phenoxy) is 1. The van der Waals surface area contributed by atoms with Crippen LogP contribution in [-0.4, -0.2) is 44.8 Å². The summed E-state index contributed by atoms with van der Waals surface area (Å²) in [4.78, 5) is 7.64. The lowest BCUT2D eigenvalue weighted by atomic mass is 9.48. The van der Waals surface area contributed by atoms with Crippen molar-refractivity contribution in [2.24, 2.45) is 5.92 Å². The van der Waals surface area contributed by atoms with Crippen LogP contribution in [0.25, 0.3) is 10.9 Å². The van der Waals surface area contributed by atoms with Crippen molar-refractivity contribution in [2.75, 3.05) is 18.8 Å². The molecule has 2 fully saturated rings. The molecule has 34 heavy (non-hydrogen) atoms.